The van der Waals surface area contributed by atoms with Crippen LogP contribution in [0.5, 0.6) is 0 Å². The lowest BCUT2D eigenvalue weighted by atomic mass is 9.89. The van der Waals surface area contributed by atoms with Gasteiger partial charge in [-0.25, -0.2) is 4.39 Å². The fourth-order valence-corrected chi connectivity index (χ4v) is 4.12. The lowest BCUT2D eigenvalue weighted by molar-refractivity contribution is 0.0816. The van der Waals surface area contributed by atoms with Crippen molar-refractivity contribution in [3.05, 3.63) is 78.4 Å². The third-order valence-electron chi connectivity index (χ3n) is 5.64. The first-order valence-electron chi connectivity index (χ1n) is 10.3. The predicted molar refractivity (Wildman–Crippen MR) is 112 cm³/mol. The molecule has 1 aliphatic heterocycles. The van der Waals surface area contributed by atoms with E-state index >= 15 is 0 Å². The van der Waals surface area contributed by atoms with Gasteiger partial charge in [-0.3, -0.25) is 9.48 Å². The highest BCUT2D eigenvalue weighted by Gasteiger charge is 2.27. The minimum absolute atomic E-state index is 0.0558. The highest BCUT2D eigenvalue weighted by Crippen LogP contribution is 2.26. The fourth-order valence-electron chi connectivity index (χ4n) is 4.12. The number of aromatic nitrogens is 2. The van der Waals surface area contributed by atoms with Crippen LogP contribution in [0.1, 0.15) is 29.6 Å². The van der Waals surface area contributed by atoms with Gasteiger partial charge in [0.05, 0.1) is 0 Å². The van der Waals surface area contributed by atoms with E-state index in [2.05, 4.69) is 10.00 Å². The number of carbonyl (C=O) groups is 1. The zero-order chi connectivity index (χ0) is 20.1. The van der Waals surface area contributed by atoms with Gasteiger partial charge in [0.2, 0.25) is 0 Å². The number of hydrogen-bond donors (Lipinski definition) is 0. The van der Waals surface area contributed by atoms with Crippen LogP contribution in [0.3, 0.4) is 0 Å². The standard InChI is InChI=1S/C24H26FN3O/c25-23-17-20(10-11-22(23)19-7-2-1-3-8-19)24(29)21-9-4-13-27(18-21)14-6-16-28-15-5-12-26-28/h1-3,5,7-8,10-12,15,17,21H,4,6,9,13-14,16,18H2/t21-/m1/s1. The van der Waals surface area contributed by atoms with Crippen LogP contribution in [0.25, 0.3) is 11.1 Å². The quantitative estimate of drug-likeness (QED) is 0.549. The van der Waals surface area contributed by atoms with Crippen molar-refractivity contribution >= 4 is 5.78 Å². The van der Waals surface area contributed by atoms with Gasteiger partial charge in [-0.15, -0.1) is 0 Å². The minimum Gasteiger partial charge on any atom is -0.303 e. The second-order valence-electron chi connectivity index (χ2n) is 7.69. The molecule has 1 aromatic heterocycles. The van der Waals surface area contributed by atoms with Crippen LogP contribution >= 0.6 is 0 Å². The van der Waals surface area contributed by atoms with Crippen LogP contribution in [-0.4, -0.2) is 40.1 Å². The molecule has 2 aromatic carbocycles. The smallest absolute Gasteiger partial charge is 0.167 e. The fraction of sp³-hybridized carbons (Fsp3) is 0.333. The molecule has 0 unspecified atom stereocenters. The first-order valence-corrected chi connectivity index (χ1v) is 10.3. The molecule has 3 aromatic rings. The van der Waals surface area contributed by atoms with Crippen LogP contribution in [-0.2, 0) is 6.54 Å². The first-order chi connectivity index (χ1) is 14.2. The number of piperidine rings is 1. The Bertz CT molecular complexity index is 940. The zero-order valence-electron chi connectivity index (χ0n) is 16.5. The average molecular weight is 391 g/mol. The molecule has 150 valence electrons. The maximum atomic E-state index is 14.7. The summed E-state index contributed by atoms with van der Waals surface area (Å²) >= 11 is 0. The van der Waals surface area contributed by atoms with Crippen molar-refractivity contribution in [2.45, 2.75) is 25.8 Å². The third-order valence-corrected chi connectivity index (χ3v) is 5.64. The van der Waals surface area contributed by atoms with Gasteiger partial charge in [0.1, 0.15) is 5.82 Å². The molecular weight excluding hydrogens is 365 g/mol. The summed E-state index contributed by atoms with van der Waals surface area (Å²) in [5.41, 5.74) is 1.83. The van der Waals surface area contributed by atoms with E-state index < -0.39 is 0 Å². The van der Waals surface area contributed by atoms with Gasteiger partial charge in [-0.05, 0) is 50.0 Å². The van der Waals surface area contributed by atoms with Gasteiger partial charge in [-0.1, -0.05) is 42.5 Å². The summed E-state index contributed by atoms with van der Waals surface area (Å²) in [6.45, 7) is 3.60. The molecule has 4 nitrogen and oxygen atoms in total. The van der Waals surface area contributed by atoms with E-state index in [4.69, 9.17) is 0 Å². The van der Waals surface area contributed by atoms with Crippen LogP contribution in [0, 0.1) is 11.7 Å². The Morgan fingerprint density at radius 2 is 1.97 bits per heavy atom. The van der Waals surface area contributed by atoms with E-state index in [1.807, 2.05) is 47.3 Å². The van der Waals surface area contributed by atoms with Gasteiger partial charge in [0.25, 0.3) is 0 Å². The van der Waals surface area contributed by atoms with Crippen molar-refractivity contribution in [3.8, 4) is 11.1 Å². The van der Waals surface area contributed by atoms with E-state index in [1.54, 1.807) is 18.3 Å². The molecule has 1 saturated heterocycles. The number of halogens is 1. The van der Waals surface area contributed by atoms with Crippen LogP contribution in [0.15, 0.2) is 67.0 Å². The monoisotopic (exact) mass is 391 g/mol. The first kappa shape index (κ1) is 19.5. The van der Waals surface area contributed by atoms with E-state index in [0.29, 0.717) is 11.1 Å². The maximum Gasteiger partial charge on any atom is 0.167 e. The number of ketones is 1. The van der Waals surface area contributed by atoms with Crippen LogP contribution < -0.4 is 0 Å². The lowest BCUT2D eigenvalue weighted by Crippen LogP contribution is -2.39. The summed E-state index contributed by atoms with van der Waals surface area (Å²) in [7, 11) is 0. The van der Waals surface area contributed by atoms with Gasteiger partial charge >= 0.3 is 0 Å². The van der Waals surface area contributed by atoms with Crippen molar-refractivity contribution in [1.29, 1.82) is 0 Å². The second-order valence-corrected chi connectivity index (χ2v) is 7.69. The molecule has 0 radical (unpaired) electrons. The Morgan fingerprint density at radius 1 is 1.10 bits per heavy atom. The van der Waals surface area contributed by atoms with E-state index in [-0.39, 0.29) is 17.5 Å². The molecule has 4 rings (SSSR count). The number of benzene rings is 2. The molecule has 5 heteroatoms. The number of Topliss-reactive ketones (excluding diaryl/α,β-unsaturated/α-hetero) is 1. The number of carbonyl (C=O) groups excluding carboxylic acids is 1. The van der Waals surface area contributed by atoms with E-state index in [1.165, 1.54) is 6.07 Å². The zero-order valence-corrected chi connectivity index (χ0v) is 16.5. The minimum atomic E-state index is -0.339. The predicted octanol–water partition coefficient (Wildman–Crippen LogP) is 4.67. The van der Waals surface area contributed by atoms with Gasteiger partial charge in [-0.2, -0.15) is 5.10 Å². The van der Waals surface area contributed by atoms with Gasteiger partial charge in [0, 0.05) is 42.5 Å². The Balaban J connectivity index is 1.37. The highest BCUT2D eigenvalue weighted by atomic mass is 19.1. The molecule has 29 heavy (non-hydrogen) atoms. The molecule has 0 N–H and O–H groups in total. The molecule has 0 amide bonds. The molecule has 1 aliphatic rings. The summed E-state index contributed by atoms with van der Waals surface area (Å²) < 4.78 is 16.6. The van der Waals surface area contributed by atoms with Crippen molar-refractivity contribution in [2.24, 2.45) is 5.92 Å². The van der Waals surface area contributed by atoms with Gasteiger partial charge in [0.15, 0.2) is 5.78 Å². The molecule has 0 saturated carbocycles. The number of nitrogens with zero attached hydrogens (tertiary/aromatic N) is 3. The third kappa shape index (κ3) is 4.80. The SMILES string of the molecule is O=C(c1ccc(-c2ccccc2)c(F)c1)[C@@H]1CCCN(CCCn2cccn2)C1. The second kappa shape index (κ2) is 9.14. The number of hydrogen-bond acceptors (Lipinski definition) is 3. The lowest BCUT2D eigenvalue weighted by Gasteiger charge is -2.32. The van der Waals surface area contributed by atoms with Crippen molar-refractivity contribution in [1.82, 2.24) is 14.7 Å². The average Bonchev–Trinajstić information content (AvgIpc) is 3.27. The summed E-state index contributed by atoms with van der Waals surface area (Å²) in [5.74, 6) is -0.343. The Morgan fingerprint density at radius 3 is 2.72 bits per heavy atom. The Kier molecular flexibility index (Phi) is 6.15. The summed E-state index contributed by atoms with van der Waals surface area (Å²) in [5, 5.41) is 4.23. The van der Waals surface area contributed by atoms with Crippen LogP contribution in [0.4, 0.5) is 4.39 Å². The summed E-state index contributed by atoms with van der Waals surface area (Å²) in [4.78, 5) is 15.3. The van der Waals surface area contributed by atoms with Crippen molar-refractivity contribution < 1.29 is 9.18 Å². The van der Waals surface area contributed by atoms with Crippen molar-refractivity contribution in [3.63, 3.8) is 0 Å². The number of likely N-dealkylation sites (tertiary alicyclic amines) is 1. The van der Waals surface area contributed by atoms with Crippen LogP contribution in [0.2, 0.25) is 0 Å². The number of rotatable bonds is 7. The highest BCUT2D eigenvalue weighted by molar-refractivity contribution is 5.98. The largest absolute Gasteiger partial charge is 0.303 e. The molecule has 0 spiro atoms. The molecule has 1 atom stereocenters. The summed E-state index contributed by atoms with van der Waals surface area (Å²) in [6.07, 6.45) is 6.64. The Hall–Kier alpha value is -2.79. The molecule has 0 aliphatic carbocycles. The molecule has 2 heterocycles. The van der Waals surface area contributed by atoms with Gasteiger partial charge < -0.3 is 4.90 Å². The van der Waals surface area contributed by atoms with E-state index in [0.717, 1.165) is 51.0 Å². The molecule has 0 bridgehead atoms. The Labute approximate surface area is 171 Å². The normalized spacial score (nSPS) is 17.3. The molecular formula is C24H26FN3O. The molecule has 1 fully saturated rings. The van der Waals surface area contributed by atoms with E-state index in [9.17, 15) is 9.18 Å². The maximum absolute atomic E-state index is 14.7. The topological polar surface area (TPSA) is 38.1 Å². The van der Waals surface area contributed by atoms with Crippen molar-refractivity contribution in [2.75, 3.05) is 19.6 Å². The summed E-state index contributed by atoms with van der Waals surface area (Å²) in [6, 6.07) is 16.3. The number of aryl methyl sites for hydroxylation is 1.